The van der Waals surface area contributed by atoms with Gasteiger partial charge in [0, 0.05) is 30.0 Å². The second kappa shape index (κ2) is 12.1. The molecule has 0 spiro atoms. The zero-order valence-electron chi connectivity index (χ0n) is 24.2. The molecular weight excluding hydrogens is 541 g/mol. The number of aldehydes is 1. The molecule has 0 aliphatic carbocycles. The van der Waals surface area contributed by atoms with Crippen LogP contribution >= 0.6 is 10.0 Å². The molecule has 0 bridgehead atoms. The van der Waals surface area contributed by atoms with E-state index >= 15 is 0 Å². The van der Waals surface area contributed by atoms with Gasteiger partial charge in [-0.25, -0.2) is 0 Å². The van der Waals surface area contributed by atoms with Gasteiger partial charge in [-0.15, -0.1) is 14.8 Å². The normalized spacial score (nSPS) is 24.6. The first-order valence-corrected chi connectivity index (χ1v) is 16.9. The van der Waals surface area contributed by atoms with E-state index in [9.17, 15) is 19.4 Å². The number of hydrogen-bond donors (Lipinski definition) is 2. The van der Waals surface area contributed by atoms with Crippen LogP contribution in [0.5, 0.6) is 0 Å². The van der Waals surface area contributed by atoms with E-state index in [0.29, 0.717) is 25.1 Å². The predicted molar refractivity (Wildman–Crippen MR) is 165 cm³/mol. The van der Waals surface area contributed by atoms with Gasteiger partial charge in [0.15, 0.2) is 0 Å². The van der Waals surface area contributed by atoms with Crippen molar-refractivity contribution < 1.29 is 14.1 Å². The highest BCUT2D eigenvalue weighted by atomic mass is 32.3. The first kappa shape index (κ1) is 30.4. The second-order valence-corrected chi connectivity index (χ2v) is 16.2. The van der Waals surface area contributed by atoms with E-state index in [0.717, 1.165) is 29.4 Å². The summed E-state index contributed by atoms with van der Waals surface area (Å²) in [7, 11) is -1.39. The van der Waals surface area contributed by atoms with Gasteiger partial charge in [0.05, 0.1) is 23.4 Å². The van der Waals surface area contributed by atoms with E-state index in [-0.39, 0.29) is 17.4 Å². The van der Waals surface area contributed by atoms with Crippen molar-refractivity contribution in [3.63, 3.8) is 0 Å². The first-order valence-electron chi connectivity index (χ1n) is 13.7. The predicted octanol–water partition coefficient (Wildman–Crippen LogP) is 5.58. The Morgan fingerprint density at radius 1 is 1.27 bits per heavy atom. The zero-order chi connectivity index (χ0) is 29.2. The average Bonchev–Trinajstić information content (AvgIpc) is 3.24. The Balaban J connectivity index is 1.41. The molecule has 2 N–H and O–H groups in total. The van der Waals surface area contributed by atoms with Crippen molar-refractivity contribution in [3.05, 3.63) is 75.7 Å². The van der Waals surface area contributed by atoms with Gasteiger partial charge in [0.1, 0.15) is 11.7 Å². The highest BCUT2D eigenvalue weighted by molar-refractivity contribution is 8.53. The summed E-state index contributed by atoms with van der Waals surface area (Å²) >= 11 is -1.45. The number of allylic oxidation sites excluding steroid dienone is 1. The van der Waals surface area contributed by atoms with Crippen LogP contribution in [0.1, 0.15) is 80.6 Å². The van der Waals surface area contributed by atoms with Crippen LogP contribution in [0.3, 0.4) is 0 Å². The van der Waals surface area contributed by atoms with Gasteiger partial charge in [-0.3, -0.25) is 14.5 Å². The van der Waals surface area contributed by atoms with Crippen LogP contribution in [0.15, 0.2) is 53.4 Å². The van der Waals surface area contributed by atoms with E-state index in [1.54, 1.807) is 11.0 Å². The number of benzene rings is 2. The largest absolute Gasteiger partial charge is 0.596 e. The van der Waals surface area contributed by atoms with Crippen molar-refractivity contribution in [1.29, 1.82) is 5.26 Å². The summed E-state index contributed by atoms with van der Waals surface area (Å²) in [5, 5.41) is 15.0. The molecule has 2 aromatic carbocycles. The number of hydrogen-bond acceptors (Lipinski definition) is 6. The Bertz CT molecular complexity index is 1330. The van der Waals surface area contributed by atoms with E-state index in [2.05, 4.69) is 15.4 Å². The molecule has 4 rings (SSSR count). The van der Waals surface area contributed by atoms with E-state index in [1.165, 1.54) is 9.81 Å². The van der Waals surface area contributed by atoms with Crippen LogP contribution in [0.4, 0.5) is 0 Å². The number of amides is 1. The van der Waals surface area contributed by atoms with Crippen LogP contribution in [0.25, 0.3) is 4.91 Å². The summed E-state index contributed by atoms with van der Waals surface area (Å²) in [4.78, 5) is 29.1. The summed E-state index contributed by atoms with van der Waals surface area (Å²) in [6.07, 6.45) is 4.33. The molecule has 0 radical (unpaired) electrons. The summed E-state index contributed by atoms with van der Waals surface area (Å²) in [6, 6.07) is 14.8. The SMILES string of the molecule is CC1=C(c2ccc(C(C)N[S+]([O-])C3CCCN3C(=O)C(NCc3cccc(C=O)c3)C(C)(C)C)cc2)S1(C)C#N. The molecule has 40 heavy (non-hydrogen) atoms. The minimum atomic E-state index is -1.45. The van der Waals surface area contributed by atoms with Crippen molar-refractivity contribution >= 4 is 38.5 Å². The highest BCUT2D eigenvalue weighted by Gasteiger charge is 2.44. The van der Waals surface area contributed by atoms with Crippen LogP contribution in [-0.4, -0.2) is 45.9 Å². The van der Waals surface area contributed by atoms with Crippen molar-refractivity contribution in [2.75, 3.05) is 12.8 Å². The van der Waals surface area contributed by atoms with Gasteiger partial charge < -0.3 is 9.87 Å². The minimum absolute atomic E-state index is 0.0511. The molecule has 7 nitrogen and oxygen atoms in total. The Morgan fingerprint density at radius 3 is 2.58 bits per heavy atom. The van der Waals surface area contributed by atoms with Crippen molar-refractivity contribution in [2.45, 2.75) is 71.5 Å². The molecule has 214 valence electrons. The zero-order valence-corrected chi connectivity index (χ0v) is 25.8. The number of likely N-dealkylation sites (tertiary alicyclic amines) is 1. The molecule has 5 unspecified atom stereocenters. The van der Waals surface area contributed by atoms with Crippen LogP contribution < -0.4 is 10.0 Å². The van der Waals surface area contributed by atoms with Gasteiger partial charge in [-0.2, -0.15) is 5.26 Å². The number of nitriles is 1. The van der Waals surface area contributed by atoms with Crippen LogP contribution in [-0.2, 0) is 22.7 Å². The van der Waals surface area contributed by atoms with Gasteiger partial charge >= 0.3 is 0 Å². The first-order chi connectivity index (χ1) is 18.9. The lowest BCUT2D eigenvalue weighted by molar-refractivity contribution is -0.135. The van der Waals surface area contributed by atoms with Crippen LogP contribution in [0, 0.1) is 16.1 Å². The summed E-state index contributed by atoms with van der Waals surface area (Å²) in [5.41, 5.74) is 3.26. The lowest BCUT2D eigenvalue weighted by Crippen LogP contribution is -2.56. The van der Waals surface area contributed by atoms with E-state index < -0.39 is 32.8 Å². The molecule has 9 heteroatoms. The quantitative estimate of drug-likeness (QED) is 0.216. The summed E-state index contributed by atoms with van der Waals surface area (Å²) < 4.78 is 16.8. The monoisotopic (exact) mass is 580 g/mol. The molecule has 1 amide bonds. The van der Waals surface area contributed by atoms with E-state index in [4.69, 9.17) is 0 Å². The molecule has 2 aliphatic rings. The van der Waals surface area contributed by atoms with Crippen molar-refractivity contribution in [3.8, 4) is 5.40 Å². The lowest BCUT2D eigenvalue weighted by Gasteiger charge is -2.36. The fourth-order valence-electron chi connectivity index (χ4n) is 5.35. The Morgan fingerprint density at radius 2 is 1.98 bits per heavy atom. The Labute approximate surface area is 243 Å². The number of rotatable bonds is 10. The third-order valence-electron chi connectivity index (χ3n) is 7.89. The van der Waals surface area contributed by atoms with Gasteiger partial charge in [-0.05, 0) is 59.6 Å². The van der Waals surface area contributed by atoms with E-state index in [1.807, 2.05) is 83.3 Å². The number of nitrogens with one attached hydrogen (secondary N) is 2. The molecule has 1 fully saturated rings. The Hall–Kier alpha value is -2.61. The molecule has 2 heterocycles. The van der Waals surface area contributed by atoms with Gasteiger partial charge in [0.2, 0.25) is 11.3 Å². The molecule has 0 aromatic heterocycles. The maximum atomic E-state index is 13.8. The maximum absolute atomic E-state index is 13.8. The number of carbonyl (C=O) groups is 2. The fraction of sp³-hybridized carbons (Fsp3) is 0.452. The smallest absolute Gasteiger partial charge is 0.244 e. The van der Waals surface area contributed by atoms with Gasteiger partial charge in [-0.1, -0.05) is 63.2 Å². The maximum Gasteiger partial charge on any atom is 0.244 e. The molecule has 5 atom stereocenters. The molecule has 1 saturated heterocycles. The third-order valence-corrected chi connectivity index (χ3v) is 12.4. The van der Waals surface area contributed by atoms with Crippen molar-refractivity contribution in [1.82, 2.24) is 14.9 Å². The number of carbonyl (C=O) groups excluding carboxylic acids is 2. The van der Waals surface area contributed by atoms with Crippen molar-refractivity contribution in [2.24, 2.45) is 5.41 Å². The van der Waals surface area contributed by atoms with Crippen LogP contribution in [0.2, 0.25) is 0 Å². The summed E-state index contributed by atoms with van der Waals surface area (Å²) in [5.74, 6) is -0.0511. The van der Waals surface area contributed by atoms with Gasteiger partial charge in [0.25, 0.3) is 0 Å². The molecule has 2 aromatic rings. The molecule has 2 aliphatic heterocycles. The topological polar surface area (TPSA) is 108 Å². The summed E-state index contributed by atoms with van der Waals surface area (Å²) in [6.45, 7) is 11.1. The number of thiocyanates is 1. The highest BCUT2D eigenvalue weighted by Crippen LogP contribution is 2.78. The third kappa shape index (κ3) is 6.32. The second-order valence-electron chi connectivity index (χ2n) is 11.8. The molecule has 0 saturated carbocycles. The Kier molecular flexibility index (Phi) is 9.18. The number of nitrogens with zero attached hydrogens (tertiary/aromatic N) is 2. The lowest BCUT2D eigenvalue weighted by atomic mass is 9.85. The fourth-order valence-corrected chi connectivity index (χ4v) is 8.98. The minimum Gasteiger partial charge on any atom is -0.596 e. The molecular formula is C31H40N4O3S2. The average molecular weight is 581 g/mol. The standard InChI is InChI=1S/C31H40N4O3S2/c1-21(25-12-14-26(15-13-25)28-22(2)40(28,6)20-32)34-39(38)27-11-8-16-35(27)30(37)29(31(3,4)5)33-18-23-9-7-10-24(17-23)19-36/h7,9-10,12-15,17,19,21,27,29,33-34H,8,11,16,18H2,1-6H3.